The number of H-pyrrole nitrogens is 1. The maximum absolute atomic E-state index is 12.7. The molecule has 1 aliphatic rings. The number of benzene rings is 2. The minimum Gasteiger partial charge on any atom is -0.364 e. The van der Waals surface area contributed by atoms with Crippen LogP contribution in [0.3, 0.4) is 0 Å². The van der Waals surface area contributed by atoms with Crippen LogP contribution in [0.15, 0.2) is 83.8 Å². The maximum atomic E-state index is 12.7. The Bertz CT molecular complexity index is 1190. The Hall–Kier alpha value is -3.31. The minimum absolute atomic E-state index is 0.0110. The van der Waals surface area contributed by atoms with Gasteiger partial charge in [-0.1, -0.05) is 36.7 Å². The SMILES string of the molecule is CC1\C=C(N[C@@H](C)c2cccc(NC(=O)c3ccc4[nH]ccc4c3)c2)/N=C(Cl)/C=C/C1. The quantitative estimate of drug-likeness (QED) is 0.452. The van der Waals surface area contributed by atoms with E-state index in [9.17, 15) is 4.79 Å². The van der Waals surface area contributed by atoms with Crippen LogP contribution in [0.1, 0.15) is 42.2 Å². The van der Waals surface area contributed by atoms with E-state index in [1.54, 1.807) is 0 Å². The van der Waals surface area contributed by atoms with Gasteiger partial charge in [0.2, 0.25) is 0 Å². The molecule has 2 atom stereocenters. The van der Waals surface area contributed by atoms with E-state index in [0.29, 0.717) is 16.7 Å². The van der Waals surface area contributed by atoms with Crippen LogP contribution >= 0.6 is 11.6 Å². The van der Waals surface area contributed by atoms with Gasteiger partial charge in [0.15, 0.2) is 0 Å². The number of rotatable bonds is 5. The van der Waals surface area contributed by atoms with Crippen molar-refractivity contribution >= 4 is 39.3 Å². The summed E-state index contributed by atoms with van der Waals surface area (Å²) in [4.78, 5) is 20.3. The molecular formula is C25H25ClN4O. The van der Waals surface area contributed by atoms with Gasteiger partial charge >= 0.3 is 0 Å². The van der Waals surface area contributed by atoms with Gasteiger partial charge in [0.1, 0.15) is 11.0 Å². The Kier molecular flexibility index (Phi) is 6.23. The van der Waals surface area contributed by atoms with E-state index in [4.69, 9.17) is 11.6 Å². The first-order valence-corrected chi connectivity index (χ1v) is 10.7. The van der Waals surface area contributed by atoms with Crippen molar-refractivity contribution < 1.29 is 4.79 Å². The highest BCUT2D eigenvalue weighted by Crippen LogP contribution is 2.22. The fourth-order valence-electron chi connectivity index (χ4n) is 3.58. The number of allylic oxidation sites excluding steroid dienone is 3. The molecule has 1 unspecified atom stereocenters. The first-order chi connectivity index (χ1) is 15.0. The maximum Gasteiger partial charge on any atom is 0.255 e. The minimum atomic E-state index is -0.138. The zero-order valence-electron chi connectivity index (χ0n) is 17.5. The summed E-state index contributed by atoms with van der Waals surface area (Å²) in [7, 11) is 0. The molecular weight excluding hydrogens is 408 g/mol. The van der Waals surface area contributed by atoms with E-state index in [1.165, 1.54) is 0 Å². The first kappa shape index (κ1) is 20.9. The first-order valence-electron chi connectivity index (χ1n) is 10.4. The lowest BCUT2D eigenvalue weighted by atomic mass is 10.1. The van der Waals surface area contributed by atoms with Gasteiger partial charge in [0, 0.05) is 28.4 Å². The van der Waals surface area contributed by atoms with Crippen LogP contribution in [-0.4, -0.2) is 16.1 Å². The van der Waals surface area contributed by atoms with Crippen molar-refractivity contribution in [2.24, 2.45) is 10.9 Å². The second-order valence-electron chi connectivity index (χ2n) is 7.83. The fourth-order valence-corrected chi connectivity index (χ4v) is 3.76. The molecule has 3 N–H and O–H groups in total. The van der Waals surface area contributed by atoms with E-state index in [-0.39, 0.29) is 11.9 Å². The monoisotopic (exact) mass is 432 g/mol. The second-order valence-corrected chi connectivity index (χ2v) is 8.21. The van der Waals surface area contributed by atoms with E-state index >= 15 is 0 Å². The molecule has 1 amide bonds. The third-order valence-electron chi connectivity index (χ3n) is 5.26. The lowest BCUT2D eigenvalue weighted by Gasteiger charge is -2.19. The third-order valence-corrected chi connectivity index (χ3v) is 5.47. The van der Waals surface area contributed by atoms with Crippen LogP contribution in [0, 0.1) is 5.92 Å². The van der Waals surface area contributed by atoms with Crippen LogP contribution in [0.5, 0.6) is 0 Å². The number of nitrogens with one attached hydrogen (secondary N) is 3. The number of anilines is 1. The largest absolute Gasteiger partial charge is 0.364 e. The van der Waals surface area contributed by atoms with Crippen molar-refractivity contribution in [3.8, 4) is 0 Å². The number of carbonyl (C=O) groups is 1. The highest BCUT2D eigenvalue weighted by atomic mass is 35.5. The summed E-state index contributed by atoms with van der Waals surface area (Å²) in [6.07, 6.45) is 8.74. The Morgan fingerprint density at radius 2 is 2.10 bits per heavy atom. The predicted molar refractivity (Wildman–Crippen MR) is 129 cm³/mol. The molecule has 1 aromatic heterocycles. The van der Waals surface area contributed by atoms with Crippen molar-refractivity contribution in [2.45, 2.75) is 26.3 Å². The van der Waals surface area contributed by atoms with Crippen molar-refractivity contribution in [3.63, 3.8) is 0 Å². The number of hydrogen-bond acceptors (Lipinski definition) is 3. The molecule has 0 spiro atoms. The fraction of sp³-hybridized carbons (Fsp3) is 0.200. The van der Waals surface area contributed by atoms with Gasteiger partial charge < -0.3 is 15.6 Å². The van der Waals surface area contributed by atoms with Crippen LogP contribution in [-0.2, 0) is 0 Å². The standard InChI is InChI=1S/C25H25ClN4O/c1-16-5-3-8-23(26)30-24(13-16)28-17(2)18-6-4-7-21(15-18)29-25(31)20-9-10-22-19(14-20)11-12-27-22/h3-4,6-17,27-28H,5H2,1-2H3,(H,29,31)/b8-3+,24-13-,30-23-/t16?,17-/m0/s1. The topological polar surface area (TPSA) is 69.3 Å². The molecule has 31 heavy (non-hydrogen) atoms. The van der Waals surface area contributed by atoms with Gasteiger partial charge in [0.25, 0.3) is 5.91 Å². The third kappa shape index (κ3) is 5.25. The van der Waals surface area contributed by atoms with Crippen LogP contribution in [0.25, 0.3) is 10.9 Å². The van der Waals surface area contributed by atoms with Gasteiger partial charge in [-0.3, -0.25) is 4.79 Å². The molecule has 0 saturated heterocycles. The Morgan fingerprint density at radius 3 is 2.97 bits per heavy atom. The summed E-state index contributed by atoms with van der Waals surface area (Å²) in [5, 5.41) is 7.90. The van der Waals surface area contributed by atoms with E-state index < -0.39 is 0 Å². The molecule has 3 aromatic rings. The summed E-state index contributed by atoms with van der Waals surface area (Å²) >= 11 is 6.17. The number of aliphatic imine (C=N–C) groups is 1. The lowest BCUT2D eigenvalue weighted by molar-refractivity contribution is 0.102. The zero-order valence-corrected chi connectivity index (χ0v) is 18.3. The molecule has 0 fully saturated rings. The van der Waals surface area contributed by atoms with E-state index in [1.807, 2.05) is 66.9 Å². The lowest BCUT2D eigenvalue weighted by Crippen LogP contribution is -2.19. The summed E-state index contributed by atoms with van der Waals surface area (Å²) < 4.78 is 0. The number of amides is 1. The van der Waals surface area contributed by atoms with Crippen molar-refractivity contribution in [1.82, 2.24) is 10.3 Å². The molecule has 2 heterocycles. The molecule has 4 rings (SSSR count). The normalized spacial score (nSPS) is 21.7. The Labute approximate surface area is 186 Å². The average molecular weight is 433 g/mol. The summed E-state index contributed by atoms with van der Waals surface area (Å²) in [5.74, 6) is 0.978. The van der Waals surface area contributed by atoms with Gasteiger partial charge in [-0.2, -0.15) is 0 Å². The highest BCUT2D eigenvalue weighted by Gasteiger charge is 2.12. The van der Waals surface area contributed by atoms with Crippen LogP contribution < -0.4 is 10.6 Å². The average Bonchev–Trinajstić information content (AvgIpc) is 3.20. The molecule has 0 bridgehead atoms. The molecule has 5 nitrogen and oxygen atoms in total. The van der Waals surface area contributed by atoms with E-state index in [0.717, 1.165) is 34.4 Å². The zero-order chi connectivity index (χ0) is 21.8. The predicted octanol–water partition coefficient (Wildman–Crippen LogP) is 6.15. The number of nitrogens with zero attached hydrogens (tertiary/aromatic N) is 1. The van der Waals surface area contributed by atoms with Gasteiger partial charge in [-0.15, -0.1) is 0 Å². The number of fused-ring (bicyclic) bond motifs is 1. The van der Waals surface area contributed by atoms with Gasteiger partial charge in [-0.25, -0.2) is 4.99 Å². The molecule has 0 saturated carbocycles. The number of halogens is 1. The Balaban J connectivity index is 1.48. The van der Waals surface area contributed by atoms with Crippen molar-refractivity contribution in [1.29, 1.82) is 0 Å². The molecule has 0 aliphatic carbocycles. The van der Waals surface area contributed by atoms with Crippen molar-refractivity contribution in [3.05, 3.63) is 89.9 Å². The smallest absolute Gasteiger partial charge is 0.255 e. The molecule has 158 valence electrons. The number of aromatic amines is 1. The molecule has 0 radical (unpaired) electrons. The highest BCUT2D eigenvalue weighted by molar-refractivity contribution is 6.68. The number of aromatic nitrogens is 1. The van der Waals surface area contributed by atoms with Gasteiger partial charge in [0.05, 0.1) is 6.04 Å². The summed E-state index contributed by atoms with van der Waals surface area (Å²) in [6, 6.07) is 15.4. The van der Waals surface area contributed by atoms with E-state index in [2.05, 4.69) is 40.5 Å². The van der Waals surface area contributed by atoms with Crippen LogP contribution in [0.2, 0.25) is 0 Å². The van der Waals surface area contributed by atoms with Gasteiger partial charge in [-0.05, 0) is 73.4 Å². The molecule has 1 aliphatic heterocycles. The number of carbonyl (C=O) groups excluding carboxylic acids is 1. The Morgan fingerprint density at radius 1 is 1.23 bits per heavy atom. The summed E-state index contributed by atoms with van der Waals surface area (Å²) in [5.41, 5.74) is 3.41. The van der Waals surface area contributed by atoms with Crippen LogP contribution in [0.4, 0.5) is 5.69 Å². The molecule has 6 heteroatoms. The number of hydrogen-bond donors (Lipinski definition) is 3. The molecule has 2 aromatic carbocycles. The summed E-state index contributed by atoms with van der Waals surface area (Å²) in [6.45, 7) is 4.21. The second kappa shape index (κ2) is 9.23. The van der Waals surface area contributed by atoms with Crippen molar-refractivity contribution in [2.75, 3.05) is 5.32 Å².